The Hall–Kier alpha value is -2.17. The first kappa shape index (κ1) is 19.6. The average Bonchev–Trinajstić information content (AvgIpc) is 3.17. The minimum Gasteiger partial charge on any atom is -0.232 e. The van der Waals surface area contributed by atoms with Crippen LogP contribution in [-0.4, -0.2) is 18.2 Å². The van der Waals surface area contributed by atoms with E-state index in [1.807, 2.05) is 19.2 Å². The van der Waals surface area contributed by atoms with E-state index in [4.69, 9.17) is 5.14 Å². The van der Waals surface area contributed by atoms with Crippen LogP contribution in [0.4, 0.5) is 13.2 Å². The third kappa shape index (κ3) is 3.78. The summed E-state index contributed by atoms with van der Waals surface area (Å²) < 4.78 is 63.7. The molecule has 0 atom stereocenters. The number of benzene rings is 1. The quantitative estimate of drug-likeness (QED) is 0.696. The van der Waals surface area contributed by atoms with Gasteiger partial charge in [0.25, 0.3) is 0 Å². The number of aryl methyl sites for hydroxylation is 1. The Kier molecular flexibility index (Phi) is 4.91. The second kappa shape index (κ2) is 6.77. The molecule has 3 rings (SSSR count). The lowest BCUT2D eigenvalue weighted by molar-refractivity contribution is -0.141. The van der Waals surface area contributed by atoms with E-state index < -0.39 is 21.9 Å². The SMILES string of the molecule is CCc1c(C)csc1-c1cc(C(F)(F)F)nn1-c1ccc(S(N)(=O)=O)cc1. The Balaban J connectivity index is 2.21. The highest BCUT2D eigenvalue weighted by molar-refractivity contribution is 7.89. The van der Waals surface area contributed by atoms with Gasteiger partial charge in [-0.1, -0.05) is 6.92 Å². The number of nitrogens with two attached hydrogens (primary N) is 1. The van der Waals surface area contributed by atoms with Crippen LogP contribution in [0.1, 0.15) is 23.7 Å². The smallest absolute Gasteiger partial charge is 0.232 e. The first-order chi connectivity index (χ1) is 12.5. The third-order valence-corrected chi connectivity index (χ3v) is 6.19. The fourth-order valence-corrected chi connectivity index (χ4v) is 4.44. The molecule has 0 aliphatic heterocycles. The molecule has 0 saturated carbocycles. The number of hydrogen-bond donors (Lipinski definition) is 1. The molecule has 0 unspecified atom stereocenters. The number of primary sulfonamides is 1. The lowest BCUT2D eigenvalue weighted by atomic mass is 10.1. The molecule has 2 N–H and O–H groups in total. The maximum Gasteiger partial charge on any atom is 0.435 e. The molecule has 27 heavy (non-hydrogen) atoms. The Morgan fingerprint density at radius 3 is 2.37 bits per heavy atom. The molecule has 0 saturated heterocycles. The van der Waals surface area contributed by atoms with E-state index in [9.17, 15) is 21.6 Å². The van der Waals surface area contributed by atoms with Gasteiger partial charge in [-0.2, -0.15) is 18.3 Å². The molecule has 0 aliphatic carbocycles. The van der Waals surface area contributed by atoms with E-state index in [0.29, 0.717) is 22.7 Å². The highest BCUT2D eigenvalue weighted by Gasteiger charge is 2.35. The van der Waals surface area contributed by atoms with E-state index in [1.165, 1.54) is 40.3 Å². The summed E-state index contributed by atoms with van der Waals surface area (Å²) in [6, 6.07) is 6.25. The Morgan fingerprint density at radius 1 is 1.22 bits per heavy atom. The van der Waals surface area contributed by atoms with Crippen LogP contribution in [0.3, 0.4) is 0 Å². The van der Waals surface area contributed by atoms with Gasteiger partial charge in [-0.25, -0.2) is 18.2 Å². The zero-order valence-electron chi connectivity index (χ0n) is 14.4. The standard InChI is InChI=1S/C17H16F3N3O2S2/c1-3-13-10(2)9-26-16(13)14-8-15(17(18,19)20)22-23(14)11-4-6-12(7-5-11)27(21,24)25/h4-9H,3H2,1-2H3,(H2,21,24,25). The van der Waals surface area contributed by atoms with Gasteiger partial charge in [0.2, 0.25) is 10.0 Å². The number of sulfonamides is 1. The molecule has 5 nitrogen and oxygen atoms in total. The molecule has 2 aromatic heterocycles. The van der Waals surface area contributed by atoms with Crippen molar-refractivity contribution in [2.75, 3.05) is 0 Å². The summed E-state index contributed by atoms with van der Waals surface area (Å²) in [7, 11) is -3.90. The van der Waals surface area contributed by atoms with E-state index in [0.717, 1.165) is 17.2 Å². The largest absolute Gasteiger partial charge is 0.435 e. The van der Waals surface area contributed by atoms with Gasteiger partial charge in [0.15, 0.2) is 5.69 Å². The highest BCUT2D eigenvalue weighted by Crippen LogP contribution is 2.38. The topological polar surface area (TPSA) is 78.0 Å². The van der Waals surface area contributed by atoms with Gasteiger partial charge in [0.05, 0.1) is 21.2 Å². The van der Waals surface area contributed by atoms with Crippen molar-refractivity contribution in [2.24, 2.45) is 5.14 Å². The van der Waals surface area contributed by atoms with Crippen molar-refractivity contribution in [3.8, 4) is 16.3 Å². The van der Waals surface area contributed by atoms with Gasteiger partial charge in [-0.05, 0) is 60.2 Å². The zero-order chi connectivity index (χ0) is 20.0. The van der Waals surface area contributed by atoms with Crippen molar-refractivity contribution >= 4 is 21.4 Å². The Morgan fingerprint density at radius 2 is 1.85 bits per heavy atom. The Bertz CT molecular complexity index is 1080. The normalized spacial score (nSPS) is 12.5. The van der Waals surface area contributed by atoms with Crippen LogP contribution in [0.5, 0.6) is 0 Å². The van der Waals surface area contributed by atoms with E-state index >= 15 is 0 Å². The van der Waals surface area contributed by atoms with E-state index in [1.54, 1.807) is 0 Å². The molecule has 2 heterocycles. The first-order valence-corrected chi connectivity index (χ1v) is 10.3. The second-order valence-electron chi connectivity index (χ2n) is 5.94. The summed E-state index contributed by atoms with van der Waals surface area (Å²) in [6.07, 6.45) is -3.93. The van der Waals surface area contributed by atoms with Crippen LogP contribution < -0.4 is 5.14 Å². The molecule has 0 amide bonds. The summed E-state index contributed by atoms with van der Waals surface area (Å²) in [4.78, 5) is 0.575. The van der Waals surface area contributed by atoms with Crippen LogP contribution in [0, 0.1) is 6.92 Å². The summed E-state index contributed by atoms with van der Waals surface area (Å²) in [5.74, 6) is 0. The van der Waals surface area contributed by atoms with E-state index in [2.05, 4.69) is 5.10 Å². The Labute approximate surface area is 158 Å². The molecular formula is C17H16F3N3O2S2. The zero-order valence-corrected chi connectivity index (χ0v) is 16.0. The van der Waals surface area contributed by atoms with Gasteiger partial charge in [0, 0.05) is 0 Å². The molecule has 0 aliphatic rings. The second-order valence-corrected chi connectivity index (χ2v) is 8.38. The molecule has 0 bridgehead atoms. The molecule has 3 aromatic rings. The van der Waals surface area contributed by atoms with Gasteiger partial charge >= 0.3 is 6.18 Å². The van der Waals surface area contributed by atoms with Crippen molar-refractivity contribution in [2.45, 2.75) is 31.3 Å². The predicted octanol–water partition coefficient (Wildman–Crippen LogP) is 4.14. The number of rotatable bonds is 4. The number of halogens is 3. The number of alkyl halides is 3. The summed E-state index contributed by atoms with van der Waals surface area (Å²) in [5, 5.41) is 10.7. The molecular weight excluding hydrogens is 399 g/mol. The van der Waals surface area contributed by atoms with Gasteiger partial charge < -0.3 is 0 Å². The van der Waals surface area contributed by atoms with Crippen molar-refractivity contribution in [3.63, 3.8) is 0 Å². The van der Waals surface area contributed by atoms with Crippen LogP contribution in [0.2, 0.25) is 0 Å². The lowest BCUT2D eigenvalue weighted by Gasteiger charge is -2.09. The van der Waals surface area contributed by atoms with Crippen molar-refractivity contribution in [3.05, 3.63) is 52.5 Å². The minimum atomic E-state index is -4.60. The van der Waals surface area contributed by atoms with Gasteiger partial charge in [-0.3, -0.25) is 0 Å². The fraction of sp³-hybridized carbons (Fsp3) is 0.235. The maximum atomic E-state index is 13.3. The number of thiophene rings is 1. The first-order valence-electron chi connectivity index (χ1n) is 7.90. The minimum absolute atomic E-state index is 0.128. The molecule has 0 fully saturated rings. The van der Waals surface area contributed by atoms with Gasteiger partial charge in [0.1, 0.15) is 0 Å². The van der Waals surface area contributed by atoms with E-state index in [-0.39, 0.29) is 4.90 Å². The molecule has 0 radical (unpaired) electrons. The molecule has 10 heteroatoms. The van der Waals surface area contributed by atoms with Crippen LogP contribution >= 0.6 is 11.3 Å². The van der Waals surface area contributed by atoms with Crippen LogP contribution in [0.15, 0.2) is 40.6 Å². The van der Waals surface area contributed by atoms with Crippen LogP contribution in [-0.2, 0) is 22.6 Å². The number of nitrogens with zero attached hydrogens (tertiary/aromatic N) is 2. The van der Waals surface area contributed by atoms with Crippen molar-refractivity contribution in [1.29, 1.82) is 0 Å². The van der Waals surface area contributed by atoms with Crippen molar-refractivity contribution < 1.29 is 21.6 Å². The number of hydrogen-bond acceptors (Lipinski definition) is 4. The van der Waals surface area contributed by atoms with Crippen molar-refractivity contribution in [1.82, 2.24) is 9.78 Å². The maximum absolute atomic E-state index is 13.3. The summed E-state index contributed by atoms with van der Waals surface area (Å²) >= 11 is 1.35. The fourth-order valence-electron chi connectivity index (χ4n) is 2.78. The summed E-state index contributed by atoms with van der Waals surface area (Å²) in [5.41, 5.74) is 1.56. The lowest BCUT2D eigenvalue weighted by Crippen LogP contribution is -2.12. The molecule has 1 aromatic carbocycles. The van der Waals surface area contributed by atoms with Crippen LogP contribution in [0.25, 0.3) is 16.3 Å². The van der Waals surface area contributed by atoms with Gasteiger partial charge in [-0.15, -0.1) is 11.3 Å². The molecule has 144 valence electrons. The third-order valence-electron chi connectivity index (χ3n) is 4.10. The highest BCUT2D eigenvalue weighted by atomic mass is 32.2. The molecule has 0 spiro atoms. The predicted molar refractivity (Wildman–Crippen MR) is 97.4 cm³/mol. The summed E-state index contributed by atoms with van der Waals surface area (Å²) in [6.45, 7) is 3.84. The monoisotopic (exact) mass is 415 g/mol. The average molecular weight is 415 g/mol. The number of aromatic nitrogens is 2.